The number of carbonyl (C=O) groups is 1. The second-order valence-corrected chi connectivity index (χ2v) is 9.41. The van der Waals surface area contributed by atoms with Crippen LogP contribution in [0.3, 0.4) is 0 Å². The van der Waals surface area contributed by atoms with Gasteiger partial charge in [-0.3, -0.25) is 9.20 Å². The Kier molecular flexibility index (Phi) is 5.62. The Morgan fingerprint density at radius 2 is 1.86 bits per heavy atom. The zero-order valence-electron chi connectivity index (χ0n) is 19.7. The van der Waals surface area contributed by atoms with Crippen LogP contribution in [-0.4, -0.2) is 39.1 Å². The highest BCUT2D eigenvalue weighted by Crippen LogP contribution is 2.41. The van der Waals surface area contributed by atoms with E-state index >= 15 is 0 Å². The summed E-state index contributed by atoms with van der Waals surface area (Å²) < 4.78 is 38.6. The highest BCUT2D eigenvalue weighted by Gasteiger charge is 2.30. The van der Waals surface area contributed by atoms with Gasteiger partial charge in [0, 0.05) is 29.7 Å². The minimum absolute atomic E-state index is 0.0535. The number of fused-ring (bicyclic) bond motifs is 1. The number of methoxy groups -OCH3 is 1. The van der Waals surface area contributed by atoms with Crippen molar-refractivity contribution in [3.8, 4) is 34.0 Å². The van der Waals surface area contributed by atoms with Crippen molar-refractivity contribution < 1.29 is 23.0 Å². The summed E-state index contributed by atoms with van der Waals surface area (Å²) in [6, 6.07) is 10.9. The third kappa shape index (κ3) is 4.41. The van der Waals surface area contributed by atoms with Gasteiger partial charge in [0.25, 0.3) is 0 Å². The van der Waals surface area contributed by atoms with Gasteiger partial charge >= 0.3 is 6.61 Å². The first-order valence-electron chi connectivity index (χ1n) is 12.0. The van der Waals surface area contributed by atoms with Crippen molar-refractivity contribution in [1.29, 1.82) is 0 Å². The van der Waals surface area contributed by atoms with Gasteiger partial charge < -0.3 is 9.47 Å². The number of aromatic nitrogens is 4. The lowest BCUT2D eigenvalue weighted by molar-refractivity contribution is -0.0502. The maximum absolute atomic E-state index is 13.3. The lowest BCUT2D eigenvalue weighted by Crippen LogP contribution is -2.11. The van der Waals surface area contributed by atoms with Crippen LogP contribution in [0.25, 0.3) is 28.2 Å². The highest BCUT2D eigenvalue weighted by molar-refractivity contribution is 6.02. The number of rotatable bonds is 9. The smallest absolute Gasteiger partial charge is 0.387 e. The van der Waals surface area contributed by atoms with E-state index in [1.165, 1.54) is 26.0 Å². The van der Waals surface area contributed by atoms with E-state index in [1.807, 2.05) is 34.9 Å². The maximum Gasteiger partial charge on any atom is 0.387 e. The fraction of sp³-hybridized carbons (Fsp3) is 0.333. The number of carbonyl (C=O) groups excluding carboxylic acids is 1. The van der Waals surface area contributed by atoms with Gasteiger partial charge in [0.05, 0.1) is 30.4 Å². The standard InChI is InChI=1S/C27H24F2N4O3/c1-35-23-11-18(12-24(36-27(28)29)26(23)22(34)10-15-2-3-15)21-14-30-25-13-17(8-9-33(21)25)20-7-6-19(31-32-20)16-4-5-16/h6-9,11-16,27H,2-5,10H2,1H3. The molecule has 36 heavy (non-hydrogen) atoms. The van der Waals surface area contributed by atoms with Crippen LogP contribution in [0.5, 0.6) is 11.5 Å². The van der Waals surface area contributed by atoms with Crippen molar-refractivity contribution >= 4 is 11.4 Å². The van der Waals surface area contributed by atoms with Crippen LogP contribution in [0.2, 0.25) is 0 Å². The van der Waals surface area contributed by atoms with E-state index in [-0.39, 0.29) is 29.3 Å². The quantitative estimate of drug-likeness (QED) is 0.271. The topological polar surface area (TPSA) is 78.6 Å². The van der Waals surface area contributed by atoms with Crippen LogP contribution in [0.4, 0.5) is 8.78 Å². The molecular formula is C27H24F2N4O3. The molecule has 3 heterocycles. The van der Waals surface area contributed by atoms with E-state index in [4.69, 9.17) is 9.47 Å². The van der Waals surface area contributed by atoms with Crippen molar-refractivity contribution in [2.45, 2.75) is 44.6 Å². The van der Waals surface area contributed by atoms with Crippen molar-refractivity contribution in [1.82, 2.24) is 19.6 Å². The second kappa shape index (κ2) is 8.96. The highest BCUT2D eigenvalue weighted by atomic mass is 19.3. The summed E-state index contributed by atoms with van der Waals surface area (Å²) >= 11 is 0. The van der Waals surface area contributed by atoms with Crippen molar-refractivity contribution in [2.24, 2.45) is 5.92 Å². The maximum atomic E-state index is 13.3. The van der Waals surface area contributed by atoms with Crippen LogP contribution >= 0.6 is 0 Å². The summed E-state index contributed by atoms with van der Waals surface area (Å²) in [5.41, 5.74) is 4.54. The Labute approximate surface area is 206 Å². The summed E-state index contributed by atoms with van der Waals surface area (Å²) in [7, 11) is 1.41. The minimum atomic E-state index is -3.07. The largest absolute Gasteiger partial charge is 0.496 e. The van der Waals surface area contributed by atoms with E-state index in [2.05, 4.69) is 15.2 Å². The van der Waals surface area contributed by atoms with Crippen LogP contribution in [-0.2, 0) is 0 Å². The molecule has 2 fully saturated rings. The summed E-state index contributed by atoms with van der Waals surface area (Å²) in [5, 5.41) is 8.72. The van der Waals surface area contributed by atoms with Gasteiger partial charge in [-0.25, -0.2) is 4.98 Å². The van der Waals surface area contributed by atoms with E-state index in [0.717, 1.165) is 29.8 Å². The minimum Gasteiger partial charge on any atom is -0.496 e. The number of hydrogen-bond acceptors (Lipinski definition) is 6. The van der Waals surface area contributed by atoms with E-state index < -0.39 is 6.61 Å². The Morgan fingerprint density at radius 1 is 1.06 bits per heavy atom. The molecule has 7 nitrogen and oxygen atoms in total. The van der Waals surface area contributed by atoms with Crippen LogP contribution in [0.1, 0.15) is 54.1 Å². The van der Waals surface area contributed by atoms with Gasteiger partial charge in [0.1, 0.15) is 22.7 Å². The van der Waals surface area contributed by atoms with Crippen LogP contribution in [0.15, 0.2) is 48.8 Å². The molecule has 3 aromatic heterocycles. The molecule has 0 aliphatic heterocycles. The third-order valence-electron chi connectivity index (χ3n) is 6.74. The molecular weight excluding hydrogens is 466 g/mol. The molecule has 1 aromatic carbocycles. The molecule has 184 valence electrons. The molecule has 2 aliphatic rings. The lowest BCUT2D eigenvalue weighted by atomic mass is 10.00. The first-order chi connectivity index (χ1) is 17.5. The van der Waals surface area contributed by atoms with Gasteiger partial charge in [-0.15, -0.1) is 0 Å². The van der Waals surface area contributed by atoms with Crippen molar-refractivity contribution in [3.63, 3.8) is 0 Å². The van der Waals surface area contributed by atoms with Gasteiger partial charge in [-0.1, -0.05) is 0 Å². The number of alkyl halides is 2. The van der Waals surface area contributed by atoms with Crippen molar-refractivity contribution in [2.75, 3.05) is 7.11 Å². The molecule has 4 aromatic rings. The molecule has 0 radical (unpaired) electrons. The Hall–Kier alpha value is -3.88. The predicted molar refractivity (Wildman–Crippen MR) is 128 cm³/mol. The summed E-state index contributed by atoms with van der Waals surface area (Å²) in [5.74, 6) is 0.584. The molecule has 0 saturated heterocycles. The van der Waals surface area contributed by atoms with Gasteiger partial charge in [-0.2, -0.15) is 19.0 Å². The second-order valence-electron chi connectivity index (χ2n) is 9.41. The van der Waals surface area contributed by atoms with Crippen LogP contribution in [0, 0.1) is 5.92 Å². The number of benzene rings is 1. The van der Waals surface area contributed by atoms with E-state index in [9.17, 15) is 13.6 Å². The normalized spacial score (nSPS) is 15.4. The first-order valence-corrected chi connectivity index (χ1v) is 12.0. The van der Waals surface area contributed by atoms with E-state index in [1.54, 1.807) is 12.3 Å². The molecule has 0 bridgehead atoms. The molecule has 2 aliphatic carbocycles. The summed E-state index contributed by atoms with van der Waals surface area (Å²) in [6.45, 7) is -3.07. The number of ketones is 1. The predicted octanol–water partition coefficient (Wildman–Crippen LogP) is 5.93. The monoisotopic (exact) mass is 490 g/mol. The number of nitrogens with zero attached hydrogens (tertiary/aromatic N) is 4. The molecule has 0 N–H and O–H groups in total. The molecule has 0 atom stereocenters. The molecule has 0 amide bonds. The fourth-order valence-corrected chi connectivity index (χ4v) is 4.50. The van der Waals surface area contributed by atoms with Crippen molar-refractivity contribution in [3.05, 3.63) is 60.0 Å². The lowest BCUT2D eigenvalue weighted by Gasteiger charge is -2.16. The molecule has 6 rings (SSSR count). The van der Waals surface area contributed by atoms with Gasteiger partial charge in [0.2, 0.25) is 0 Å². The average molecular weight is 491 g/mol. The summed E-state index contributed by atoms with van der Waals surface area (Å²) in [4.78, 5) is 17.4. The van der Waals surface area contributed by atoms with E-state index in [0.29, 0.717) is 28.7 Å². The number of hydrogen-bond donors (Lipinski definition) is 0. The number of ether oxygens (including phenoxy) is 2. The molecule has 9 heteroatoms. The number of halogens is 2. The third-order valence-corrected chi connectivity index (χ3v) is 6.74. The summed E-state index contributed by atoms with van der Waals surface area (Å²) in [6.07, 6.45) is 8.05. The number of pyridine rings is 1. The molecule has 2 saturated carbocycles. The SMILES string of the molecule is COc1cc(-c2cnc3cc(-c4ccc(C5CC5)nn4)ccn23)cc(OC(F)F)c1C(=O)CC1CC1. The number of imidazole rings is 1. The Balaban J connectivity index is 1.37. The fourth-order valence-electron chi connectivity index (χ4n) is 4.50. The van der Waals surface area contributed by atoms with Gasteiger partial charge in [0.15, 0.2) is 5.78 Å². The van der Waals surface area contributed by atoms with Gasteiger partial charge in [-0.05, 0) is 68.0 Å². The molecule has 0 unspecified atom stereocenters. The number of Topliss-reactive ketones (excluding diaryl/α,β-unsaturated/α-hetero) is 1. The Bertz CT molecular complexity index is 1440. The zero-order chi connectivity index (χ0) is 24.8. The molecule has 0 spiro atoms. The first kappa shape index (κ1) is 22.6. The Morgan fingerprint density at radius 3 is 2.53 bits per heavy atom. The zero-order valence-corrected chi connectivity index (χ0v) is 19.7. The van der Waals surface area contributed by atoms with Crippen LogP contribution < -0.4 is 9.47 Å². The average Bonchev–Trinajstić information content (AvgIpc) is 3.81.